The molecule has 0 saturated carbocycles. The molecule has 1 fully saturated rings. The van der Waals surface area contributed by atoms with Crippen LogP contribution in [0.3, 0.4) is 0 Å². The lowest BCUT2D eigenvalue weighted by Crippen LogP contribution is -2.47. The van der Waals surface area contributed by atoms with E-state index in [1.165, 1.54) is 5.01 Å². The summed E-state index contributed by atoms with van der Waals surface area (Å²) in [6, 6.07) is 0.875. The fourth-order valence-electron chi connectivity index (χ4n) is 2.47. The molecule has 2 heterocycles. The molecular weight excluding hydrogens is 218 g/mol. The van der Waals surface area contributed by atoms with Gasteiger partial charge in [0.25, 0.3) is 0 Å². The van der Waals surface area contributed by atoms with Crippen molar-refractivity contribution < 1.29 is 0 Å². The minimum Gasteiger partial charge on any atom is -0.327 e. The summed E-state index contributed by atoms with van der Waals surface area (Å²) in [6.45, 7) is 6.72. The Hall–Kier alpha value is -0.450. The van der Waals surface area contributed by atoms with E-state index in [9.17, 15) is 0 Å². The number of aromatic nitrogens is 1. The Kier molecular flexibility index (Phi) is 3.95. The molecule has 0 radical (unpaired) electrons. The van der Waals surface area contributed by atoms with E-state index in [4.69, 9.17) is 5.73 Å². The van der Waals surface area contributed by atoms with Crippen LogP contribution in [0, 0.1) is 5.92 Å². The molecule has 90 valence electrons. The second kappa shape index (κ2) is 5.25. The average Bonchev–Trinajstić information content (AvgIpc) is 2.78. The summed E-state index contributed by atoms with van der Waals surface area (Å²) in [7, 11) is 0. The molecule has 1 aliphatic heterocycles. The molecule has 0 bridgehead atoms. The first kappa shape index (κ1) is 12.0. The van der Waals surface area contributed by atoms with E-state index >= 15 is 0 Å². The fraction of sp³-hybridized carbons (Fsp3) is 0.750. The molecule has 3 nitrogen and oxygen atoms in total. The molecule has 0 spiro atoms. The molecule has 3 atom stereocenters. The smallest absolute Gasteiger partial charge is 0.110 e. The van der Waals surface area contributed by atoms with Gasteiger partial charge in [-0.3, -0.25) is 4.90 Å². The molecule has 1 saturated heterocycles. The Morgan fingerprint density at radius 3 is 3.06 bits per heavy atom. The molecule has 16 heavy (non-hydrogen) atoms. The molecule has 1 aliphatic rings. The summed E-state index contributed by atoms with van der Waals surface area (Å²) in [5.74, 6) is 0.600. The normalized spacial score (nSPS) is 29.2. The lowest BCUT2D eigenvalue weighted by Gasteiger charge is -2.39. The first-order valence-corrected chi connectivity index (χ1v) is 6.99. The maximum atomic E-state index is 6.06. The predicted octanol–water partition coefficient (Wildman–Crippen LogP) is 2.26. The highest BCUT2D eigenvalue weighted by Gasteiger charge is 2.28. The summed E-state index contributed by atoms with van der Waals surface area (Å²) in [6.07, 6.45) is 4.15. The van der Waals surface area contributed by atoms with Crippen molar-refractivity contribution in [3.8, 4) is 0 Å². The van der Waals surface area contributed by atoms with E-state index in [-0.39, 0.29) is 0 Å². The Morgan fingerprint density at radius 2 is 2.50 bits per heavy atom. The highest BCUT2D eigenvalue weighted by atomic mass is 32.1. The molecular formula is C12H21N3S. The maximum Gasteiger partial charge on any atom is 0.110 e. The van der Waals surface area contributed by atoms with Crippen LogP contribution in [0.2, 0.25) is 0 Å². The Bertz CT molecular complexity index is 312. The van der Waals surface area contributed by atoms with Gasteiger partial charge in [-0.1, -0.05) is 13.8 Å². The topological polar surface area (TPSA) is 42.2 Å². The van der Waals surface area contributed by atoms with E-state index in [1.54, 1.807) is 11.3 Å². The average molecular weight is 239 g/mol. The Labute approximate surface area is 102 Å². The maximum absolute atomic E-state index is 6.06. The minimum absolute atomic E-state index is 0.380. The van der Waals surface area contributed by atoms with E-state index in [0.717, 1.165) is 25.9 Å². The van der Waals surface area contributed by atoms with Crippen molar-refractivity contribution in [3.63, 3.8) is 0 Å². The Balaban J connectivity index is 2.05. The zero-order valence-electron chi connectivity index (χ0n) is 10.1. The number of hydrogen-bond acceptors (Lipinski definition) is 4. The number of hydrogen-bond donors (Lipinski definition) is 1. The van der Waals surface area contributed by atoms with Crippen LogP contribution < -0.4 is 5.73 Å². The molecule has 4 heteroatoms. The summed E-state index contributed by atoms with van der Waals surface area (Å²) >= 11 is 1.77. The van der Waals surface area contributed by atoms with E-state index in [2.05, 4.69) is 29.1 Å². The third-order valence-electron chi connectivity index (χ3n) is 3.57. The van der Waals surface area contributed by atoms with Crippen molar-refractivity contribution in [2.75, 3.05) is 13.1 Å². The molecule has 2 rings (SSSR count). The quantitative estimate of drug-likeness (QED) is 0.880. The van der Waals surface area contributed by atoms with Gasteiger partial charge in [0, 0.05) is 30.7 Å². The molecule has 2 N–H and O–H groups in total. The standard InChI is InChI=1S/C12H21N3S/c1-3-11(12-14-5-7-16-12)15-6-4-10(13)9(2)8-15/h5,7,9-11H,3-4,6,8,13H2,1-2H3. The number of nitrogens with zero attached hydrogens (tertiary/aromatic N) is 2. The highest BCUT2D eigenvalue weighted by Crippen LogP contribution is 2.29. The lowest BCUT2D eigenvalue weighted by atomic mass is 9.93. The summed E-state index contributed by atoms with van der Waals surface area (Å²) in [5.41, 5.74) is 6.06. The van der Waals surface area contributed by atoms with Gasteiger partial charge >= 0.3 is 0 Å². The summed E-state index contributed by atoms with van der Waals surface area (Å²) in [4.78, 5) is 7.00. The van der Waals surface area contributed by atoms with Gasteiger partial charge in [0.2, 0.25) is 0 Å². The zero-order chi connectivity index (χ0) is 11.5. The van der Waals surface area contributed by atoms with Crippen LogP contribution in [0.4, 0.5) is 0 Å². The number of piperidine rings is 1. The summed E-state index contributed by atoms with van der Waals surface area (Å²) < 4.78 is 0. The SMILES string of the molecule is CCC(c1nccs1)N1CCC(N)C(C)C1. The minimum atomic E-state index is 0.380. The molecule has 1 aromatic heterocycles. The van der Waals surface area contributed by atoms with Gasteiger partial charge in [-0.15, -0.1) is 11.3 Å². The first-order chi connectivity index (χ1) is 7.72. The van der Waals surface area contributed by atoms with Crippen molar-refractivity contribution >= 4 is 11.3 Å². The molecule has 3 unspecified atom stereocenters. The molecule has 0 amide bonds. The van der Waals surface area contributed by atoms with Gasteiger partial charge in [0.05, 0.1) is 6.04 Å². The van der Waals surface area contributed by atoms with E-state index in [1.807, 2.05) is 6.20 Å². The van der Waals surface area contributed by atoms with Crippen molar-refractivity contribution in [2.45, 2.75) is 38.8 Å². The van der Waals surface area contributed by atoms with Gasteiger partial charge in [0.1, 0.15) is 5.01 Å². The third-order valence-corrected chi connectivity index (χ3v) is 4.44. The van der Waals surface area contributed by atoms with Crippen molar-refractivity contribution in [1.29, 1.82) is 0 Å². The van der Waals surface area contributed by atoms with Gasteiger partial charge in [0.15, 0.2) is 0 Å². The van der Waals surface area contributed by atoms with Crippen LogP contribution in [0.25, 0.3) is 0 Å². The fourth-order valence-corrected chi connectivity index (χ4v) is 3.32. The van der Waals surface area contributed by atoms with Crippen molar-refractivity contribution in [2.24, 2.45) is 11.7 Å². The van der Waals surface area contributed by atoms with Gasteiger partial charge in [-0.25, -0.2) is 4.98 Å². The first-order valence-electron chi connectivity index (χ1n) is 6.11. The van der Waals surface area contributed by atoms with Gasteiger partial charge in [-0.2, -0.15) is 0 Å². The predicted molar refractivity (Wildman–Crippen MR) is 68.5 cm³/mol. The largest absolute Gasteiger partial charge is 0.327 e. The summed E-state index contributed by atoms with van der Waals surface area (Å²) in [5, 5.41) is 3.32. The second-order valence-corrected chi connectivity index (χ2v) is 5.65. The number of rotatable bonds is 3. The lowest BCUT2D eigenvalue weighted by molar-refractivity contribution is 0.113. The van der Waals surface area contributed by atoms with Gasteiger partial charge < -0.3 is 5.73 Å². The number of thiazole rings is 1. The van der Waals surface area contributed by atoms with E-state index < -0.39 is 0 Å². The Morgan fingerprint density at radius 1 is 1.69 bits per heavy atom. The monoisotopic (exact) mass is 239 g/mol. The third kappa shape index (κ3) is 2.44. The molecule has 1 aromatic rings. The van der Waals surface area contributed by atoms with Gasteiger partial charge in [-0.05, 0) is 18.8 Å². The number of nitrogens with two attached hydrogens (primary N) is 1. The molecule has 0 aromatic carbocycles. The van der Waals surface area contributed by atoms with Crippen molar-refractivity contribution in [1.82, 2.24) is 9.88 Å². The number of likely N-dealkylation sites (tertiary alicyclic amines) is 1. The van der Waals surface area contributed by atoms with Crippen LogP contribution in [0.1, 0.15) is 37.7 Å². The van der Waals surface area contributed by atoms with Crippen LogP contribution >= 0.6 is 11.3 Å². The highest BCUT2D eigenvalue weighted by molar-refractivity contribution is 7.09. The van der Waals surface area contributed by atoms with Crippen molar-refractivity contribution in [3.05, 3.63) is 16.6 Å². The van der Waals surface area contributed by atoms with Crippen LogP contribution in [-0.2, 0) is 0 Å². The van der Waals surface area contributed by atoms with E-state index in [0.29, 0.717) is 18.0 Å². The van der Waals surface area contributed by atoms with Crippen LogP contribution in [0.15, 0.2) is 11.6 Å². The van der Waals surface area contributed by atoms with Crippen LogP contribution in [-0.4, -0.2) is 29.0 Å². The molecule has 0 aliphatic carbocycles. The zero-order valence-corrected chi connectivity index (χ0v) is 10.9. The van der Waals surface area contributed by atoms with Crippen LogP contribution in [0.5, 0.6) is 0 Å². The second-order valence-electron chi connectivity index (χ2n) is 4.72.